The molecule has 0 bridgehead atoms. The van der Waals surface area contributed by atoms with Crippen molar-refractivity contribution in [1.82, 2.24) is 9.97 Å². The van der Waals surface area contributed by atoms with Gasteiger partial charge in [-0.25, -0.2) is 4.98 Å². The molecule has 0 spiro atoms. The lowest BCUT2D eigenvalue weighted by molar-refractivity contribution is 0.878. The standard InChI is InChI=1S/C17H14N4OS/c1-2-10-21(13-7-5-12(11-18)6-8-13)17-20-15(22)14-4-3-9-19-16(14)23-17/h3-9H,2,10H2,1H3. The second kappa shape index (κ2) is 6.55. The van der Waals surface area contributed by atoms with E-state index in [9.17, 15) is 4.79 Å². The second-order valence-corrected chi connectivity index (χ2v) is 5.92. The van der Waals surface area contributed by atoms with E-state index in [1.54, 1.807) is 30.5 Å². The van der Waals surface area contributed by atoms with Gasteiger partial charge in [0.1, 0.15) is 4.83 Å². The number of fused-ring (bicyclic) bond motifs is 1. The summed E-state index contributed by atoms with van der Waals surface area (Å²) in [5, 5.41) is 10.1. The van der Waals surface area contributed by atoms with E-state index in [1.807, 2.05) is 17.0 Å². The molecule has 0 aliphatic heterocycles. The van der Waals surface area contributed by atoms with Crippen LogP contribution in [0.25, 0.3) is 10.2 Å². The topological polar surface area (TPSA) is 69.9 Å². The fraction of sp³-hybridized carbons (Fsp3) is 0.176. The van der Waals surface area contributed by atoms with E-state index < -0.39 is 0 Å². The first-order valence-electron chi connectivity index (χ1n) is 7.26. The Morgan fingerprint density at radius 1 is 1.26 bits per heavy atom. The minimum Gasteiger partial charge on any atom is -0.318 e. The molecule has 2 aromatic heterocycles. The molecular weight excluding hydrogens is 308 g/mol. The van der Waals surface area contributed by atoms with Gasteiger partial charge < -0.3 is 4.90 Å². The van der Waals surface area contributed by atoms with Gasteiger partial charge in [-0.05, 0) is 42.8 Å². The Labute approximate surface area is 137 Å². The van der Waals surface area contributed by atoms with Crippen LogP contribution in [0.5, 0.6) is 0 Å². The number of pyridine rings is 1. The summed E-state index contributed by atoms with van der Waals surface area (Å²) in [5.41, 5.74) is 1.24. The molecule has 1 aromatic carbocycles. The van der Waals surface area contributed by atoms with E-state index in [0.29, 0.717) is 20.9 Å². The Bertz CT molecular complexity index is 928. The Morgan fingerprint density at radius 3 is 2.74 bits per heavy atom. The molecule has 3 aromatic rings. The smallest absolute Gasteiger partial charge is 0.282 e. The zero-order valence-corrected chi connectivity index (χ0v) is 13.4. The minimum absolute atomic E-state index is 0.267. The van der Waals surface area contributed by atoms with Gasteiger partial charge in [0.2, 0.25) is 0 Å². The summed E-state index contributed by atoms with van der Waals surface area (Å²) < 4.78 is 0. The normalized spacial score (nSPS) is 10.4. The quantitative estimate of drug-likeness (QED) is 0.735. The first-order valence-corrected chi connectivity index (χ1v) is 8.08. The van der Waals surface area contributed by atoms with Gasteiger partial charge in [0.05, 0.1) is 17.0 Å². The van der Waals surface area contributed by atoms with E-state index in [2.05, 4.69) is 23.0 Å². The van der Waals surface area contributed by atoms with Crippen LogP contribution in [0.4, 0.5) is 10.8 Å². The summed E-state index contributed by atoms with van der Waals surface area (Å²) in [6.45, 7) is 2.80. The van der Waals surface area contributed by atoms with Crippen molar-refractivity contribution in [1.29, 1.82) is 5.26 Å². The van der Waals surface area contributed by atoms with Gasteiger partial charge in [-0.2, -0.15) is 10.2 Å². The molecule has 0 saturated heterocycles. The van der Waals surface area contributed by atoms with E-state index in [1.165, 1.54) is 11.3 Å². The molecule has 0 amide bonds. The zero-order valence-electron chi connectivity index (χ0n) is 12.6. The van der Waals surface area contributed by atoms with Crippen LogP contribution in [0.2, 0.25) is 0 Å². The van der Waals surface area contributed by atoms with Crippen LogP contribution in [0.3, 0.4) is 0 Å². The van der Waals surface area contributed by atoms with Crippen molar-refractivity contribution in [3.05, 3.63) is 58.5 Å². The van der Waals surface area contributed by atoms with Crippen LogP contribution in [0, 0.1) is 11.3 Å². The molecule has 0 aliphatic rings. The van der Waals surface area contributed by atoms with Crippen molar-refractivity contribution in [2.75, 3.05) is 11.4 Å². The fourth-order valence-corrected chi connectivity index (χ4v) is 3.27. The molecule has 0 N–H and O–H groups in total. The third-order valence-corrected chi connectivity index (χ3v) is 4.39. The maximum absolute atomic E-state index is 12.2. The molecule has 23 heavy (non-hydrogen) atoms. The summed E-state index contributed by atoms with van der Waals surface area (Å²) >= 11 is 1.39. The number of aromatic nitrogens is 2. The monoisotopic (exact) mass is 322 g/mol. The van der Waals surface area contributed by atoms with Crippen molar-refractivity contribution in [2.45, 2.75) is 13.3 Å². The predicted octanol–water partition coefficient (Wildman–Crippen LogP) is 3.47. The third-order valence-electron chi connectivity index (χ3n) is 3.37. The maximum atomic E-state index is 12.2. The summed E-state index contributed by atoms with van der Waals surface area (Å²) in [4.78, 5) is 23.4. The van der Waals surface area contributed by atoms with Crippen molar-refractivity contribution in [3.8, 4) is 6.07 Å². The Morgan fingerprint density at radius 2 is 2.04 bits per heavy atom. The third kappa shape index (κ3) is 3.05. The molecule has 6 heteroatoms. The molecule has 0 fully saturated rings. The van der Waals surface area contributed by atoms with E-state index in [0.717, 1.165) is 18.7 Å². The number of hydrogen-bond acceptors (Lipinski definition) is 6. The first-order chi connectivity index (χ1) is 11.2. The van der Waals surface area contributed by atoms with Crippen molar-refractivity contribution < 1.29 is 0 Å². The average Bonchev–Trinajstić information content (AvgIpc) is 2.60. The number of anilines is 2. The molecule has 0 saturated carbocycles. The van der Waals surface area contributed by atoms with E-state index in [-0.39, 0.29) is 5.56 Å². The molecule has 0 atom stereocenters. The summed E-state index contributed by atoms with van der Waals surface area (Å²) in [5.74, 6) is 0. The lowest BCUT2D eigenvalue weighted by Crippen LogP contribution is -2.21. The summed E-state index contributed by atoms with van der Waals surface area (Å²) in [6, 6.07) is 12.9. The van der Waals surface area contributed by atoms with Gasteiger partial charge in [0.15, 0.2) is 5.13 Å². The van der Waals surface area contributed by atoms with Gasteiger partial charge in [-0.3, -0.25) is 4.79 Å². The molecular formula is C17H14N4OS. The van der Waals surface area contributed by atoms with E-state index in [4.69, 9.17) is 5.26 Å². The first kappa shape index (κ1) is 15.1. The molecule has 5 nitrogen and oxygen atoms in total. The molecule has 0 radical (unpaired) electrons. The minimum atomic E-state index is -0.267. The molecule has 2 heterocycles. The summed E-state index contributed by atoms with van der Waals surface area (Å²) in [6.07, 6.45) is 2.58. The van der Waals surface area contributed by atoms with Crippen LogP contribution < -0.4 is 10.5 Å². The highest BCUT2D eigenvalue weighted by atomic mass is 32.1. The summed E-state index contributed by atoms with van der Waals surface area (Å²) in [7, 11) is 0. The average molecular weight is 322 g/mol. The lowest BCUT2D eigenvalue weighted by Gasteiger charge is -2.22. The lowest BCUT2D eigenvalue weighted by atomic mass is 10.2. The molecule has 3 rings (SSSR count). The molecule has 0 aliphatic carbocycles. The fourth-order valence-electron chi connectivity index (χ4n) is 2.28. The van der Waals surface area contributed by atoms with Crippen LogP contribution >= 0.6 is 11.3 Å². The predicted molar refractivity (Wildman–Crippen MR) is 92.1 cm³/mol. The number of nitriles is 1. The SMILES string of the molecule is CCCN(c1ccc(C#N)cc1)c1nc(=O)c2cccnc2s1. The van der Waals surface area contributed by atoms with Gasteiger partial charge >= 0.3 is 0 Å². The van der Waals surface area contributed by atoms with Crippen molar-refractivity contribution >= 4 is 32.4 Å². The highest BCUT2D eigenvalue weighted by Gasteiger charge is 2.14. The number of benzene rings is 1. The van der Waals surface area contributed by atoms with Crippen LogP contribution in [-0.2, 0) is 0 Å². The van der Waals surface area contributed by atoms with Crippen LogP contribution in [0.15, 0.2) is 47.4 Å². The molecule has 0 unspecified atom stereocenters. The largest absolute Gasteiger partial charge is 0.318 e. The van der Waals surface area contributed by atoms with Gasteiger partial charge in [-0.1, -0.05) is 18.3 Å². The van der Waals surface area contributed by atoms with Crippen molar-refractivity contribution in [2.24, 2.45) is 0 Å². The number of hydrogen-bond donors (Lipinski definition) is 0. The van der Waals surface area contributed by atoms with Gasteiger partial charge in [0, 0.05) is 18.4 Å². The van der Waals surface area contributed by atoms with Crippen LogP contribution in [0.1, 0.15) is 18.9 Å². The Kier molecular flexibility index (Phi) is 4.31. The van der Waals surface area contributed by atoms with Gasteiger partial charge in [-0.15, -0.1) is 0 Å². The van der Waals surface area contributed by atoms with Gasteiger partial charge in [0.25, 0.3) is 5.56 Å². The highest BCUT2D eigenvalue weighted by Crippen LogP contribution is 2.29. The zero-order chi connectivity index (χ0) is 16.2. The van der Waals surface area contributed by atoms with E-state index >= 15 is 0 Å². The Hall–Kier alpha value is -2.78. The van der Waals surface area contributed by atoms with Crippen LogP contribution in [-0.4, -0.2) is 16.5 Å². The highest BCUT2D eigenvalue weighted by molar-refractivity contribution is 7.21. The number of rotatable bonds is 4. The molecule has 114 valence electrons. The second-order valence-electron chi connectivity index (χ2n) is 4.97. The maximum Gasteiger partial charge on any atom is 0.282 e. The Balaban J connectivity index is 2.10. The number of nitrogens with zero attached hydrogens (tertiary/aromatic N) is 4. The van der Waals surface area contributed by atoms with Crippen molar-refractivity contribution in [3.63, 3.8) is 0 Å².